The molecule has 0 saturated heterocycles. The molecule has 0 radical (unpaired) electrons. The summed E-state index contributed by atoms with van der Waals surface area (Å²) < 4.78 is 0.841. The Bertz CT molecular complexity index is 833. The molecule has 4 saturated carbocycles. The van der Waals surface area contributed by atoms with Crippen molar-refractivity contribution in [3.8, 4) is 0 Å². The van der Waals surface area contributed by atoms with E-state index in [1.54, 1.807) is 0 Å². The molecule has 7 heteroatoms. The highest BCUT2D eigenvalue weighted by Gasteiger charge is 2.51. The van der Waals surface area contributed by atoms with Gasteiger partial charge in [0, 0.05) is 12.1 Å². The maximum Gasteiger partial charge on any atom is 0.233 e. The molecule has 0 spiro atoms. The lowest BCUT2D eigenvalue weighted by atomic mass is 9.53. The zero-order valence-corrected chi connectivity index (χ0v) is 18.4. The second-order valence-electron chi connectivity index (χ2n) is 9.16. The predicted octanol–water partition coefficient (Wildman–Crippen LogP) is 4.72. The maximum absolute atomic E-state index is 13.0. The lowest BCUT2D eigenvalue weighted by molar-refractivity contribution is -0.126. The van der Waals surface area contributed by atoms with Crippen LogP contribution in [0.4, 0.5) is 5.13 Å². The highest BCUT2D eigenvalue weighted by Crippen LogP contribution is 2.55. The maximum atomic E-state index is 13.0. The second-order valence-corrected chi connectivity index (χ2v) is 11.7. The van der Waals surface area contributed by atoms with Gasteiger partial charge in [0.2, 0.25) is 11.0 Å². The average molecular weight is 429 g/mol. The molecular weight excluding hydrogens is 400 g/mol. The molecule has 1 aromatic heterocycles. The van der Waals surface area contributed by atoms with Crippen molar-refractivity contribution >= 4 is 34.1 Å². The molecule has 1 heterocycles. The van der Waals surface area contributed by atoms with Crippen molar-refractivity contribution in [2.45, 2.75) is 67.1 Å². The highest BCUT2D eigenvalue weighted by molar-refractivity contribution is 8.02. The second kappa shape index (κ2) is 7.91. The van der Waals surface area contributed by atoms with Gasteiger partial charge in [0.05, 0.1) is 5.25 Å². The number of nitrogens with one attached hydrogen (secondary N) is 2. The van der Waals surface area contributed by atoms with Crippen LogP contribution in [0, 0.1) is 17.8 Å². The van der Waals surface area contributed by atoms with Crippen LogP contribution in [0.15, 0.2) is 34.7 Å². The standard InChI is InChI=1S/C22H28N4OS2/c1-14(19(27)24-22-10-16-7-17(11-22)9-18(8-16)12-22)28-21-26-25-20(29-21)23-13-15-5-3-2-4-6-15/h2-6,14,16-18H,7-13H2,1H3,(H,23,25)(H,24,27). The molecule has 29 heavy (non-hydrogen) atoms. The lowest BCUT2D eigenvalue weighted by Crippen LogP contribution is -2.60. The fourth-order valence-corrected chi connectivity index (χ4v) is 7.83. The van der Waals surface area contributed by atoms with E-state index >= 15 is 0 Å². The van der Waals surface area contributed by atoms with Crippen LogP contribution >= 0.6 is 23.1 Å². The van der Waals surface area contributed by atoms with Gasteiger partial charge in [-0.15, -0.1) is 10.2 Å². The summed E-state index contributed by atoms with van der Waals surface area (Å²) in [7, 11) is 0. The first kappa shape index (κ1) is 19.4. The molecule has 1 amide bonds. The zero-order chi connectivity index (χ0) is 19.8. The Morgan fingerprint density at radius 1 is 1.14 bits per heavy atom. The quantitative estimate of drug-likeness (QED) is 0.625. The molecule has 1 atom stereocenters. The molecule has 4 aliphatic rings. The van der Waals surface area contributed by atoms with Gasteiger partial charge in [-0.05, 0) is 68.8 Å². The number of anilines is 1. The van der Waals surface area contributed by atoms with Crippen molar-refractivity contribution < 1.29 is 4.79 Å². The monoisotopic (exact) mass is 428 g/mol. The molecule has 2 N–H and O–H groups in total. The van der Waals surface area contributed by atoms with E-state index in [4.69, 9.17) is 0 Å². The van der Waals surface area contributed by atoms with Crippen molar-refractivity contribution in [1.29, 1.82) is 0 Å². The number of carbonyl (C=O) groups is 1. The van der Waals surface area contributed by atoms with E-state index in [1.165, 1.54) is 67.2 Å². The van der Waals surface area contributed by atoms with Crippen LogP contribution < -0.4 is 10.6 Å². The van der Waals surface area contributed by atoms with Gasteiger partial charge in [0.25, 0.3) is 0 Å². The van der Waals surface area contributed by atoms with Crippen molar-refractivity contribution in [3.63, 3.8) is 0 Å². The summed E-state index contributed by atoms with van der Waals surface area (Å²) in [5.74, 6) is 2.67. The van der Waals surface area contributed by atoms with Gasteiger partial charge < -0.3 is 10.6 Å². The van der Waals surface area contributed by atoms with E-state index < -0.39 is 0 Å². The molecule has 0 aliphatic heterocycles. The van der Waals surface area contributed by atoms with Gasteiger partial charge in [-0.2, -0.15) is 0 Å². The number of carbonyl (C=O) groups excluding carboxylic acids is 1. The van der Waals surface area contributed by atoms with Crippen LogP contribution in [0.25, 0.3) is 0 Å². The minimum absolute atomic E-state index is 0.0736. The Morgan fingerprint density at radius 2 is 1.79 bits per heavy atom. The van der Waals surface area contributed by atoms with E-state index in [2.05, 4.69) is 33.0 Å². The zero-order valence-electron chi connectivity index (χ0n) is 16.8. The Kier molecular flexibility index (Phi) is 5.28. The van der Waals surface area contributed by atoms with Crippen LogP contribution in [0.2, 0.25) is 0 Å². The minimum atomic E-state index is -0.155. The summed E-state index contributed by atoms with van der Waals surface area (Å²) in [6, 6.07) is 10.2. The molecule has 4 bridgehead atoms. The first-order valence-corrected chi connectivity index (χ1v) is 12.4. The summed E-state index contributed by atoms with van der Waals surface area (Å²) in [5.41, 5.74) is 1.28. The largest absolute Gasteiger partial charge is 0.356 e. The molecule has 1 aromatic carbocycles. The first-order valence-electron chi connectivity index (χ1n) is 10.7. The molecule has 4 aliphatic carbocycles. The molecule has 1 unspecified atom stereocenters. The van der Waals surface area contributed by atoms with Gasteiger partial charge >= 0.3 is 0 Å². The van der Waals surface area contributed by atoms with Crippen LogP contribution in [0.5, 0.6) is 0 Å². The molecule has 154 valence electrons. The summed E-state index contributed by atoms with van der Waals surface area (Å²) in [5, 5.41) is 15.9. The third-order valence-corrected chi connectivity index (χ3v) is 8.83. The highest BCUT2D eigenvalue weighted by atomic mass is 32.2. The number of thioether (sulfide) groups is 1. The van der Waals surface area contributed by atoms with Gasteiger partial charge in [0.1, 0.15) is 0 Å². The Labute approximate surface area is 180 Å². The number of hydrogen-bond donors (Lipinski definition) is 2. The van der Waals surface area contributed by atoms with E-state index in [0.29, 0.717) is 0 Å². The minimum Gasteiger partial charge on any atom is -0.356 e. The number of rotatable bonds is 7. The van der Waals surface area contributed by atoms with Crippen LogP contribution in [-0.4, -0.2) is 26.9 Å². The molecule has 5 nitrogen and oxygen atoms in total. The van der Waals surface area contributed by atoms with Gasteiger partial charge in [-0.3, -0.25) is 4.79 Å². The number of benzene rings is 1. The van der Waals surface area contributed by atoms with Gasteiger partial charge in [0.15, 0.2) is 4.34 Å². The summed E-state index contributed by atoms with van der Waals surface area (Å²) in [4.78, 5) is 13.0. The van der Waals surface area contributed by atoms with Gasteiger partial charge in [-0.1, -0.05) is 53.4 Å². The SMILES string of the molecule is CC(Sc1nnc(NCc2ccccc2)s1)C(=O)NC12CC3CC(CC(C3)C1)C2. The van der Waals surface area contributed by atoms with E-state index in [1.807, 2.05) is 25.1 Å². The average Bonchev–Trinajstić information content (AvgIpc) is 3.13. The fraction of sp³-hybridized carbons (Fsp3) is 0.591. The van der Waals surface area contributed by atoms with Crippen LogP contribution in [-0.2, 0) is 11.3 Å². The predicted molar refractivity (Wildman–Crippen MR) is 118 cm³/mol. The molecule has 2 aromatic rings. The van der Waals surface area contributed by atoms with Crippen LogP contribution in [0.1, 0.15) is 51.0 Å². The molecule has 4 fully saturated rings. The molecule has 6 rings (SSSR count). The van der Waals surface area contributed by atoms with Crippen molar-refractivity contribution in [2.75, 3.05) is 5.32 Å². The van der Waals surface area contributed by atoms with Gasteiger partial charge in [-0.25, -0.2) is 0 Å². The number of amides is 1. The molecular formula is C22H28N4OS2. The Morgan fingerprint density at radius 3 is 2.45 bits per heavy atom. The van der Waals surface area contributed by atoms with E-state index in [-0.39, 0.29) is 16.7 Å². The number of aromatic nitrogens is 2. The first-order chi connectivity index (χ1) is 14.1. The van der Waals surface area contributed by atoms with Crippen molar-refractivity contribution in [1.82, 2.24) is 15.5 Å². The van der Waals surface area contributed by atoms with E-state index in [9.17, 15) is 4.79 Å². The Balaban J connectivity index is 1.15. The topological polar surface area (TPSA) is 66.9 Å². The van der Waals surface area contributed by atoms with Crippen LogP contribution in [0.3, 0.4) is 0 Å². The normalized spacial score (nSPS) is 30.9. The van der Waals surface area contributed by atoms with E-state index in [0.717, 1.165) is 33.8 Å². The third-order valence-electron chi connectivity index (χ3n) is 6.77. The number of nitrogens with zero attached hydrogens (tertiary/aromatic N) is 2. The third kappa shape index (κ3) is 4.31. The lowest BCUT2D eigenvalue weighted by Gasteiger charge is -2.57. The summed E-state index contributed by atoms with van der Waals surface area (Å²) in [6.07, 6.45) is 7.74. The van der Waals surface area contributed by atoms with Crippen molar-refractivity contribution in [2.24, 2.45) is 17.8 Å². The summed E-state index contributed by atoms with van der Waals surface area (Å²) in [6.45, 7) is 2.71. The smallest absolute Gasteiger partial charge is 0.233 e. The fourth-order valence-electron chi connectivity index (χ4n) is 5.93. The number of hydrogen-bond acceptors (Lipinski definition) is 6. The Hall–Kier alpha value is -1.60. The summed E-state index contributed by atoms with van der Waals surface area (Å²) >= 11 is 3.03. The van der Waals surface area contributed by atoms with Crippen molar-refractivity contribution in [3.05, 3.63) is 35.9 Å².